The second-order valence-corrected chi connectivity index (χ2v) is 4.71. The van der Waals surface area contributed by atoms with Crippen LogP contribution in [-0.4, -0.2) is 47.7 Å². The van der Waals surface area contributed by atoms with Crippen molar-refractivity contribution in [3.63, 3.8) is 0 Å². The second kappa shape index (κ2) is 5.47. The van der Waals surface area contributed by atoms with Crippen molar-refractivity contribution in [1.29, 1.82) is 0 Å². The Bertz CT molecular complexity index is 219. The average molecular weight is 214 g/mol. The number of rotatable bonds is 5. The van der Waals surface area contributed by atoms with Crippen molar-refractivity contribution >= 4 is 5.97 Å². The normalized spacial score (nSPS) is 24.7. The molecule has 0 aromatic heterocycles. The van der Waals surface area contributed by atoms with Gasteiger partial charge in [-0.05, 0) is 39.7 Å². The van der Waals surface area contributed by atoms with E-state index in [-0.39, 0.29) is 0 Å². The lowest BCUT2D eigenvalue weighted by atomic mass is 10.1. The van der Waals surface area contributed by atoms with Crippen LogP contribution in [0.2, 0.25) is 0 Å². The van der Waals surface area contributed by atoms with Gasteiger partial charge in [0, 0.05) is 19.1 Å². The van der Waals surface area contributed by atoms with Crippen molar-refractivity contribution in [1.82, 2.24) is 10.2 Å². The number of aliphatic carboxylic acids is 1. The molecule has 0 radical (unpaired) electrons. The molecule has 0 spiro atoms. The van der Waals surface area contributed by atoms with E-state index in [1.54, 1.807) is 6.92 Å². The summed E-state index contributed by atoms with van der Waals surface area (Å²) in [5.41, 5.74) is 0. The fourth-order valence-electron chi connectivity index (χ4n) is 1.93. The number of likely N-dealkylation sites (tertiary alicyclic amines) is 1. The summed E-state index contributed by atoms with van der Waals surface area (Å²) in [4.78, 5) is 13.0. The highest BCUT2D eigenvalue weighted by atomic mass is 16.4. The van der Waals surface area contributed by atoms with Crippen LogP contribution < -0.4 is 5.32 Å². The molecule has 0 bridgehead atoms. The van der Waals surface area contributed by atoms with Gasteiger partial charge >= 0.3 is 5.97 Å². The second-order valence-electron chi connectivity index (χ2n) is 4.71. The lowest BCUT2D eigenvalue weighted by molar-refractivity contribution is -0.139. The summed E-state index contributed by atoms with van der Waals surface area (Å²) < 4.78 is 0. The van der Waals surface area contributed by atoms with Crippen molar-refractivity contribution in [2.24, 2.45) is 5.92 Å². The van der Waals surface area contributed by atoms with Crippen LogP contribution in [0.5, 0.6) is 0 Å². The summed E-state index contributed by atoms with van der Waals surface area (Å²) in [6.45, 7) is 9.15. The molecule has 2 atom stereocenters. The maximum Gasteiger partial charge on any atom is 0.320 e. The highest BCUT2D eigenvalue weighted by Gasteiger charge is 2.24. The predicted octanol–water partition coefficient (Wildman–Crippen LogP) is 0.779. The van der Waals surface area contributed by atoms with E-state index < -0.39 is 12.0 Å². The topological polar surface area (TPSA) is 52.6 Å². The minimum Gasteiger partial charge on any atom is -0.480 e. The van der Waals surface area contributed by atoms with Crippen LogP contribution in [0, 0.1) is 5.92 Å². The molecule has 4 nitrogen and oxygen atoms in total. The number of carboxylic acids is 1. The van der Waals surface area contributed by atoms with E-state index in [4.69, 9.17) is 5.11 Å². The minimum absolute atomic E-state index is 0.432. The van der Waals surface area contributed by atoms with E-state index in [2.05, 4.69) is 24.1 Å². The molecule has 0 aromatic carbocycles. The van der Waals surface area contributed by atoms with Crippen molar-refractivity contribution in [3.8, 4) is 0 Å². The molecule has 4 heteroatoms. The summed E-state index contributed by atoms with van der Waals surface area (Å²) >= 11 is 0. The van der Waals surface area contributed by atoms with Crippen molar-refractivity contribution in [2.45, 2.75) is 39.3 Å². The molecule has 0 saturated carbocycles. The van der Waals surface area contributed by atoms with Gasteiger partial charge in [-0.2, -0.15) is 0 Å². The van der Waals surface area contributed by atoms with Gasteiger partial charge in [0.2, 0.25) is 0 Å². The standard InChI is InChI=1S/C11H22N2O2/c1-8(2)13-5-4-10(7-13)6-12-9(3)11(14)15/h8-10,12H,4-7H2,1-3H3,(H,14,15). The molecule has 1 heterocycles. The van der Waals surface area contributed by atoms with Crippen LogP contribution >= 0.6 is 0 Å². The largest absolute Gasteiger partial charge is 0.480 e. The first-order chi connectivity index (χ1) is 7.00. The van der Waals surface area contributed by atoms with Gasteiger partial charge in [0.05, 0.1) is 0 Å². The molecule has 88 valence electrons. The number of hydrogen-bond acceptors (Lipinski definition) is 3. The van der Waals surface area contributed by atoms with Crippen molar-refractivity contribution in [3.05, 3.63) is 0 Å². The molecule has 1 fully saturated rings. The van der Waals surface area contributed by atoms with Crippen LogP contribution in [0.1, 0.15) is 27.2 Å². The maximum atomic E-state index is 10.6. The molecule has 0 aliphatic carbocycles. The predicted molar refractivity (Wildman–Crippen MR) is 59.9 cm³/mol. The van der Waals surface area contributed by atoms with Gasteiger partial charge in [-0.25, -0.2) is 0 Å². The number of nitrogens with one attached hydrogen (secondary N) is 1. The number of nitrogens with zero attached hydrogens (tertiary/aromatic N) is 1. The smallest absolute Gasteiger partial charge is 0.320 e. The average Bonchev–Trinajstić information content (AvgIpc) is 2.62. The summed E-state index contributed by atoms with van der Waals surface area (Å²) in [6, 6.07) is 0.171. The van der Waals surface area contributed by atoms with Crippen LogP contribution in [-0.2, 0) is 4.79 Å². The van der Waals surface area contributed by atoms with E-state index in [0.29, 0.717) is 12.0 Å². The molecule has 2 N–H and O–H groups in total. The van der Waals surface area contributed by atoms with Crippen LogP contribution in [0.3, 0.4) is 0 Å². The first kappa shape index (κ1) is 12.5. The van der Waals surface area contributed by atoms with E-state index in [9.17, 15) is 4.79 Å². The Balaban J connectivity index is 2.22. The van der Waals surface area contributed by atoms with Crippen LogP contribution in [0.4, 0.5) is 0 Å². The molecule has 2 unspecified atom stereocenters. The monoisotopic (exact) mass is 214 g/mol. The van der Waals surface area contributed by atoms with E-state index in [1.165, 1.54) is 6.42 Å². The van der Waals surface area contributed by atoms with E-state index >= 15 is 0 Å². The summed E-state index contributed by atoms with van der Waals surface area (Å²) in [5.74, 6) is -0.164. The molecule has 0 amide bonds. The Kier molecular flexibility index (Phi) is 4.54. The van der Waals surface area contributed by atoms with Gasteiger partial charge in [-0.1, -0.05) is 0 Å². The lowest BCUT2D eigenvalue weighted by Crippen LogP contribution is -2.38. The van der Waals surface area contributed by atoms with Gasteiger partial charge in [-0.15, -0.1) is 0 Å². The zero-order valence-corrected chi connectivity index (χ0v) is 9.86. The van der Waals surface area contributed by atoms with Gasteiger partial charge in [0.15, 0.2) is 0 Å². The Hall–Kier alpha value is -0.610. The first-order valence-corrected chi connectivity index (χ1v) is 5.71. The third-order valence-electron chi connectivity index (χ3n) is 3.13. The SMILES string of the molecule is CC(NCC1CCN(C(C)C)C1)C(=O)O. The van der Waals surface area contributed by atoms with Gasteiger partial charge < -0.3 is 15.3 Å². The third kappa shape index (κ3) is 3.80. The Labute approximate surface area is 91.6 Å². The fraction of sp³-hybridized carbons (Fsp3) is 0.909. The fourth-order valence-corrected chi connectivity index (χ4v) is 1.93. The Morgan fingerprint density at radius 3 is 2.67 bits per heavy atom. The molecule has 1 saturated heterocycles. The zero-order valence-electron chi connectivity index (χ0n) is 9.86. The van der Waals surface area contributed by atoms with Crippen LogP contribution in [0.15, 0.2) is 0 Å². The lowest BCUT2D eigenvalue weighted by Gasteiger charge is -2.20. The number of carboxylic acid groups (broad SMARTS) is 1. The summed E-state index contributed by atoms with van der Waals surface area (Å²) in [7, 11) is 0. The minimum atomic E-state index is -0.770. The molecule has 1 aliphatic heterocycles. The van der Waals surface area contributed by atoms with Crippen LogP contribution in [0.25, 0.3) is 0 Å². The zero-order chi connectivity index (χ0) is 11.4. The van der Waals surface area contributed by atoms with Crippen molar-refractivity contribution in [2.75, 3.05) is 19.6 Å². The first-order valence-electron chi connectivity index (χ1n) is 5.71. The highest BCUT2D eigenvalue weighted by Crippen LogP contribution is 2.17. The molecule has 15 heavy (non-hydrogen) atoms. The van der Waals surface area contributed by atoms with Crippen molar-refractivity contribution < 1.29 is 9.90 Å². The quantitative estimate of drug-likeness (QED) is 0.710. The van der Waals surface area contributed by atoms with Gasteiger partial charge in [0.1, 0.15) is 6.04 Å². The van der Waals surface area contributed by atoms with E-state index in [0.717, 1.165) is 19.6 Å². The third-order valence-corrected chi connectivity index (χ3v) is 3.13. The van der Waals surface area contributed by atoms with Gasteiger partial charge in [0.25, 0.3) is 0 Å². The number of hydrogen-bond donors (Lipinski definition) is 2. The maximum absolute atomic E-state index is 10.6. The molecule has 1 aliphatic rings. The van der Waals surface area contributed by atoms with E-state index in [1.807, 2.05) is 0 Å². The summed E-state index contributed by atoms with van der Waals surface area (Å²) in [5, 5.41) is 11.8. The van der Waals surface area contributed by atoms with Gasteiger partial charge in [-0.3, -0.25) is 4.79 Å². The Morgan fingerprint density at radius 2 is 2.20 bits per heavy atom. The molecular formula is C11H22N2O2. The Morgan fingerprint density at radius 1 is 1.53 bits per heavy atom. The molecule has 1 rings (SSSR count). The molecule has 0 aromatic rings. The highest BCUT2D eigenvalue weighted by molar-refractivity contribution is 5.72. The molecular weight excluding hydrogens is 192 g/mol. The number of carbonyl (C=O) groups is 1. The summed E-state index contributed by atoms with van der Waals surface area (Å²) in [6.07, 6.45) is 1.18.